The predicted octanol–water partition coefficient (Wildman–Crippen LogP) is 4.59. The van der Waals surface area contributed by atoms with Gasteiger partial charge in [-0.25, -0.2) is 0 Å². The van der Waals surface area contributed by atoms with E-state index in [2.05, 4.69) is 32.2 Å². The van der Waals surface area contributed by atoms with Crippen LogP contribution >= 0.6 is 0 Å². The van der Waals surface area contributed by atoms with Gasteiger partial charge in [-0.1, -0.05) is 19.9 Å². The second kappa shape index (κ2) is 8.06. The first-order chi connectivity index (χ1) is 11.8. The van der Waals surface area contributed by atoms with E-state index in [1.807, 2.05) is 55.4 Å². The molecule has 0 radical (unpaired) electrons. The van der Waals surface area contributed by atoms with Crippen LogP contribution in [0, 0.1) is 6.92 Å². The number of ether oxygens (including phenoxy) is 1. The fraction of sp³-hybridized carbons (Fsp3) is 0.381. The second-order valence-corrected chi connectivity index (χ2v) is 6.86. The van der Waals surface area contributed by atoms with Crippen molar-refractivity contribution in [2.75, 3.05) is 24.3 Å². The quantitative estimate of drug-likeness (QED) is 0.836. The number of hydrogen-bond donors (Lipinski definition) is 1. The summed E-state index contributed by atoms with van der Waals surface area (Å²) in [5, 5.41) is 2.89. The second-order valence-electron chi connectivity index (χ2n) is 6.86. The highest BCUT2D eigenvalue weighted by Gasteiger charge is 2.15. The molecule has 1 atom stereocenters. The molecule has 2 aromatic rings. The Kier molecular flexibility index (Phi) is 6.07. The van der Waals surface area contributed by atoms with Crippen molar-refractivity contribution in [1.29, 1.82) is 0 Å². The van der Waals surface area contributed by atoms with Crippen molar-refractivity contribution in [3.8, 4) is 5.75 Å². The lowest BCUT2D eigenvalue weighted by molar-refractivity contribution is -0.122. The van der Waals surface area contributed by atoms with Crippen molar-refractivity contribution in [3.05, 3.63) is 53.6 Å². The topological polar surface area (TPSA) is 41.6 Å². The van der Waals surface area contributed by atoms with Crippen molar-refractivity contribution in [3.63, 3.8) is 0 Å². The summed E-state index contributed by atoms with van der Waals surface area (Å²) < 4.78 is 5.81. The Balaban J connectivity index is 1.99. The van der Waals surface area contributed by atoms with Gasteiger partial charge in [0.1, 0.15) is 5.75 Å². The molecule has 0 aromatic heterocycles. The maximum atomic E-state index is 12.3. The molecule has 4 nitrogen and oxygen atoms in total. The molecule has 0 bridgehead atoms. The average molecular weight is 340 g/mol. The molecule has 0 fully saturated rings. The molecule has 0 aliphatic carbocycles. The Morgan fingerprint density at radius 3 is 2.20 bits per heavy atom. The molecule has 1 unspecified atom stereocenters. The molecule has 0 saturated carbocycles. The summed E-state index contributed by atoms with van der Waals surface area (Å²) in [7, 11) is 3.96. The van der Waals surface area contributed by atoms with Crippen molar-refractivity contribution >= 4 is 17.3 Å². The van der Waals surface area contributed by atoms with Crippen molar-refractivity contribution in [1.82, 2.24) is 0 Å². The Hall–Kier alpha value is -2.49. The number of carbonyl (C=O) groups excluding carboxylic acids is 1. The number of hydrogen-bond acceptors (Lipinski definition) is 3. The number of nitrogens with zero attached hydrogens (tertiary/aromatic N) is 1. The molecular weight excluding hydrogens is 312 g/mol. The minimum absolute atomic E-state index is 0.164. The Morgan fingerprint density at radius 1 is 1.04 bits per heavy atom. The SMILES string of the molecule is Cc1cc(OC(C)C(=O)Nc2ccc(N(C)C)cc2)ccc1C(C)C. The number of amides is 1. The Labute approximate surface area is 150 Å². The smallest absolute Gasteiger partial charge is 0.265 e. The van der Waals surface area contributed by atoms with Crippen LogP contribution in [0.2, 0.25) is 0 Å². The summed E-state index contributed by atoms with van der Waals surface area (Å²) in [6.45, 7) is 8.16. The highest BCUT2D eigenvalue weighted by molar-refractivity contribution is 5.94. The molecule has 0 aliphatic heterocycles. The molecule has 134 valence electrons. The first-order valence-corrected chi connectivity index (χ1v) is 8.63. The summed E-state index contributed by atoms with van der Waals surface area (Å²) in [5.41, 5.74) is 4.32. The maximum absolute atomic E-state index is 12.3. The van der Waals surface area contributed by atoms with Gasteiger partial charge in [0.15, 0.2) is 6.10 Å². The predicted molar refractivity (Wildman–Crippen MR) is 105 cm³/mol. The summed E-state index contributed by atoms with van der Waals surface area (Å²) in [6, 6.07) is 13.7. The minimum Gasteiger partial charge on any atom is -0.481 e. The van der Waals surface area contributed by atoms with Gasteiger partial charge in [-0.15, -0.1) is 0 Å². The van der Waals surface area contributed by atoms with Crippen molar-refractivity contribution in [2.45, 2.75) is 39.7 Å². The number of anilines is 2. The fourth-order valence-corrected chi connectivity index (χ4v) is 2.71. The number of carbonyl (C=O) groups is 1. The maximum Gasteiger partial charge on any atom is 0.265 e. The zero-order valence-electron chi connectivity index (χ0n) is 16.0. The van der Waals surface area contributed by atoms with Crippen LogP contribution in [-0.2, 0) is 4.79 Å². The van der Waals surface area contributed by atoms with Crippen LogP contribution in [0.15, 0.2) is 42.5 Å². The van der Waals surface area contributed by atoms with E-state index in [4.69, 9.17) is 4.74 Å². The first kappa shape index (κ1) is 18.8. The highest BCUT2D eigenvalue weighted by atomic mass is 16.5. The average Bonchev–Trinajstić information content (AvgIpc) is 2.55. The largest absolute Gasteiger partial charge is 0.481 e. The molecule has 2 rings (SSSR count). The third-order valence-electron chi connectivity index (χ3n) is 4.20. The van der Waals surface area contributed by atoms with E-state index in [1.165, 1.54) is 11.1 Å². The van der Waals surface area contributed by atoms with Crippen LogP contribution in [0.25, 0.3) is 0 Å². The van der Waals surface area contributed by atoms with Crippen LogP contribution in [0.3, 0.4) is 0 Å². The monoisotopic (exact) mass is 340 g/mol. The van der Waals surface area contributed by atoms with Gasteiger partial charge >= 0.3 is 0 Å². The number of nitrogens with one attached hydrogen (secondary N) is 1. The third-order valence-corrected chi connectivity index (χ3v) is 4.20. The minimum atomic E-state index is -0.571. The lowest BCUT2D eigenvalue weighted by Crippen LogP contribution is -2.30. The zero-order valence-corrected chi connectivity index (χ0v) is 16.0. The molecule has 0 aliphatic rings. The molecule has 4 heteroatoms. The van der Waals surface area contributed by atoms with Gasteiger partial charge in [0.2, 0.25) is 0 Å². The van der Waals surface area contributed by atoms with Crippen molar-refractivity contribution < 1.29 is 9.53 Å². The molecule has 1 N–H and O–H groups in total. The van der Waals surface area contributed by atoms with Crippen LogP contribution in [0.4, 0.5) is 11.4 Å². The van der Waals surface area contributed by atoms with Gasteiger partial charge in [0.25, 0.3) is 5.91 Å². The molecule has 0 heterocycles. The molecule has 0 saturated heterocycles. The van der Waals surface area contributed by atoms with Crippen LogP contribution in [0.5, 0.6) is 5.75 Å². The number of rotatable bonds is 6. The molecule has 1 amide bonds. The van der Waals surface area contributed by atoms with Crippen LogP contribution in [0.1, 0.15) is 37.8 Å². The summed E-state index contributed by atoms with van der Waals surface area (Å²) in [5.74, 6) is 1.02. The van der Waals surface area contributed by atoms with Gasteiger partial charge < -0.3 is 15.0 Å². The van der Waals surface area contributed by atoms with Crippen LogP contribution in [-0.4, -0.2) is 26.1 Å². The van der Waals surface area contributed by atoms with Gasteiger partial charge in [0.05, 0.1) is 0 Å². The summed E-state index contributed by atoms with van der Waals surface area (Å²) in [6.07, 6.45) is -0.571. The van der Waals surface area contributed by atoms with Gasteiger partial charge in [-0.2, -0.15) is 0 Å². The molecular formula is C21H28N2O2. The summed E-state index contributed by atoms with van der Waals surface area (Å²) in [4.78, 5) is 14.4. The summed E-state index contributed by atoms with van der Waals surface area (Å²) >= 11 is 0. The Morgan fingerprint density at radius 2 is 1.68 bits per heavy atom. The number of aryl methyl sites for hydroxylation is 1. The lowest BCUT2D eigenvalue weighted by Gasteiger charge is -2.17. The van der Waals surface area contributed by atoms with E-state index in [-0.39, 0.29) is 5.91 Å². The van der Waals surface area contributed by atoms with E-state index < -0.39 is 6.10 Å². The van der Waals surface area contributed by atoms with E-state index >= 15 is 0 Å². The van der Waals surface area contributed by atoms with E-state index in [9.17, 15) is 4.79 Å². The molecule has 0 spiro atoms. The van der Waals surface area contributed by atoms with Gasteiger partial charge in [0, 0.05) is 25.5 Å². The van der Waals surface area contributed by atoms with Crippen molar-refractivity contribution in [2.24, 2.45) is 0 Å². The highest BCUT2D eigenvalue weighted by Crippen LogP contribution is 2.24. The van der Waals surface area contributed by atoms with Gasteiger partial charge in [-0.3, -0.25) is 4.79 Å². The van der Waals surface area contributed by atoms with E-state index in [1.54, 1.807) is 6.92 Å². The number of benzene rings is 2. The van der Waals surface area contributed by atoms with E-state index in [0.717, 1.165) is 11.4 Å². The van der Waals surface area contributed by atoms with Crippen LogP contribution < -0.4 is 15.0 Å². The Bertz CT molecular complexity index is 721. The normalized spacial score (nSPS) is 12.0. The van der Waals surface area contributed by atoms with Gasteiger partial charge in [-0.05, 0) is 67.3 Å². The standard InChI is InChI=1S/C21H28N2O2/c1-14(2)20-12-11-19(13-15(20)3)25-16(4)21(24)22-17-7-9-18(10-8-17)23(5)6/h7-14,16H,1-6H3,(H,22,24). The molecule has 2 aromatic carbocycles. The zero-order chi connectivity index (χ0) is 18.6. The molecule has 25 heavy (non-hydrogen) atoms. The third kappa shape index (κ3) is 4.99. The fourth-order valence-electron chi connectivity index (χ4n) is 2.71. The lowest BCUT2D eigenvalue weighted by atomic mass is 9.98. The van der Waals surface area contributed by atoms with E-state index in [0.29, 0.717) is 11.7 Å². The first-order valence-electron chi connectivity index (χ1n) is 8.63.